The van der Waals surface area contributed by atoms with Crippen LogP contribution in [0.4, 0.5) is 23.2 Å². The summed E-state index contributed by atoms with van der Waals surface area (Å²) in [6.45, 7) is 0. The van der Waals surface area contributed by atoms with Gasteiger partial charge < -0.3 is 14.2 Å². The Morgan fingerprint density at radius 2 is 1.73 bits per heavy atom. The number of benzene rings is 3. The summed E-state index contributed by atoms with van der Waals surface area (Å²) in [6, 6.07) is 9.37. The molecule has 3 aromatic rings. The summed E-state index contributed by atoms with van der Waals surface area (Å²) in [7, 11) is 1.17. The number of esters is 1. The number of hydrogen-bond donors (Lipinski definition) is 0. The number of alkyl halides is 3. The minimum Gasteiger partial charge on any atom is -0.465 e. The molecule has 12 heteroatoms. The standard InChI is InChI=1S/C21H12ClF4NO6/c1-31-20(28)11-3-2-4-13(7-11)32-18-10-14(5-6-17(18)27(29)30)33-19-15(22)8-12(9-16(19)23)21(24,25)26/h2-10H,1H3. The molecule has 0 N–H and O–H groups in total. The van der Waals surface area contributed by atoms with Gasteiger partial charge in [0.1, 0.15) is 11.5 Å². The molecule has 0 fully saturated rings. The van der Waals surface area contributed by atoms with Gasteiger partial charge in [-0.05, 0) is 36.4 Å². The zero-order chi connectivity index (χ0) is 24.3. The second-order valence-corrected chi connectivity index (χ2v) is 6.78. The van der Waals surface area contributed by atoms with Crippen molar-refractivity contribution in [1.82, 2.24) is 0 Å². The highest BCUT2D eigenvalue weighted by atomic mass is 35.5. The van der Waals surface area contributed by atoms with E-state index < -0.39 is 44.9 Å². The molecule has 0 radical (unpaired) electrons. The number of nitro benzene ring substituents is 1. The molecule has 0 spiro atoms. The first-order chi connectivity index (χ1) is 15.5. The normalized spacial score (nSPS) is 11.1. The molecule has 172 valence electrons. The summed E-state index contributed by atoms with van der Waals surface area (Å²) >= 11 is 5.75. The summed E-state index contributed by atoms with van der Waals surface area (Å²) in [6.07, 6.45) is -4.82. The van der Waals surface area contributed by atoms with Gasteiger partial charge >= 0.3 is 17.8 Å². The van der Waals surface area contributed by atoms with E-state index in [1.807, 2.05) is 0 Å². The smallest absolute Gasteiger partial charge is 0.416 e. The van der Waals surface area contributed by atoms with Crippen LogP contribution in [0.15, 0.2) is 54.6 Å². The van der Waals surface area contributed by atoms with Crippen LogP contribution < -0.4 is 9.47 Å². The Morgan fingerprint density at radius 3 is 2.33 bits per heavy atom. The van der Waals surface area contributed by atoms with Gasteiger partial charge in [0.25, 0.3) is 0 Å². The van der Waals surface area contributed by atoms with Crippen LogP contribution in [0.25, 0.3) is 0 Å². The van der Waals surface area contributed by atoms with Gasteiger partial charge in [0.15, 0.2) is 11.6 Å². The lowest BCUT2D eigenvalue weighted by Crippen LogP contribution is -2.06. The number of carbonyl (C=O) groups excluding carboxylic acids is 1. The molecule has 0 amide bonds. The summed E-state index contributed by atoms with van der Waals surface area (Å²) < 4.78 is 68.0. The van der Waals surface area contributed by atoms with Crippen molar-refractivity contribution in [3.8, 4) is 23.0 Å². The lowest BCUT2D eigenvalue weighted by atomic mass is 10.2. The fraction of sp³-hybridized carbons (Fsp3) is 0.0952. The van der Waals surface area contributed by atoms with Crippen LogP contribution in [0.3, 0.4) is 0 Å². The number of nitro groups is 1. The Hall–Kier alpha value is -3.86. The maximum atomic E-state index is 14.2. The molecule has 0 saturated heterocycles. The number of nitrogens with zero attached hydrogens (tertiary/aromatic N) is 1. The van der Waals surface area contributed by atoms with Crippen LogP contribution in [-0.4, -0.2) is 18.0 Å². The minimum absolute atomic E-state index is 0.0388. The van der Waals surface area contributed by atoms with Gasteiger partial charge in [-0.2, -0.15) is 13.2 Å². The van der Waals surface area contributed by atoms with E-state index in [9.17, 15) is 32.5 Å². The molecule has 3 rings (SSSR count). The topological polar surface area (TPSA) is 87.9 Å². The first-order valence-electron chi connectivity index (χ1n) is 8.88. The van der Waals surface area contributed by atoms with Gasteiger partial charge in [-0.25, -0.2) is 9.18 Å². The predicted octanol–water partition coefficient (Wildman–Crippen LogP) is 6.78. The second kappa shape index (κ2) is 9.33. The molecule has 0 atom stereocenters. The van der Waals surface area contributed by atoms with Crippen LogP contribution in [0.1, 0.15) is 15.9 Å². The number of hydrogen-bond acceptors (Lipinski definition) is 6. The molecule has 0 aromatic heterocycles. The molecule has 0 unspecified atom stereocenters. The third-order valence-electron chi connectivity index (χ3n) is 4.16. The largest absolute Gasteiger partial charge is 0.465 e. The SMILES string of the molecule is COC(=O)c1cccc(Oc2cc(Oc3c(F)cc(C(F)(F)F)cc3Cl)ccc2[N+](=O)[O-])c1. The summed E-state index contributed by atoms with van der Waals surface area (Å²) in [5, 5.41) is 10.7. The van der Waals surface area contributed by atoms with Gasteiger partial charge in [0.05, 0.1) is 28.2 Å². The van der Waals surface area contributed by atoms with Gasteiger partial charge in [-0.15, -0.1) is 0 Å². The van der Waals surface area contributed by atoms with Crippen molar-refractivity contribution >= 4 is 23.3 Å². The van der Waals surface area contributed by atoms with Crippen LogP contribution >= 0.6 is 11.6 Å². The molecule has 7 nitrogen and oxygen atoms in total. The van der Waals surface area contributed by atoms with Crippen LogP contribution in [0.2, 0.25) is 5.02 Å². The Bertz CT molecular complexity index is 1210. The highest BCUT2D eigenvalue weighted by Gasteiger charge is 2.33. The Morgan fingerprint density at radius 1 is 1.03 bits per heavy atom. The Balaban J connectivity index is 1.96. The maximum Gasteiger partial charge on any atom is 0.416 e. The quantitative estimate of drug-likeness (QED) is 0.165. The van der Waals surface area contributed by atoms with E-state index in [0.29, 0.717) is 6.07 Å². The van der Waals surface area contributed by atoms with Crippen LogP contribution in [-0.2, 0) is 10.9 Å². The van der Waals surface area contributed by atoms with E-state index in [1.54, 1.807) is 0 Å². The number of carbonyl (C=O) groups is 1. The van der Waals surface area contributed by atoms with Crippen molar-refractivity contribution in [2.24, 2.45) is 0 Å². The van der Waals surface area contributed by atoms with E-state index in [4.69, 9.17) is 21.1 Å². The molecular formula is C21H12ClF4NO6. The van der Waals surface area contributed by atoms with E-state index in [1.165, 1.54) is 31.4 Å². The highest BCUT2D eigenvalue weighted by Crippen LogP contribution is 2.41. The molecular weight excluding hydrogens is 474 g/mol. The van der Waals surface area contributed by atoms with Crippen LogP contribution in [0, 0.1) is 15.9 Å². The van der Waals surface area contributed by atoms with E-state index in [2.05, 4.69) is 4.74 Å². The van der Waals surface area contributed by atoms with Gasteiger partial charge in [-0.1, -0.05) is 17.7 Å². The molecule has 0 aliphatic heterocycles. The average molecular weight is 486 g/mol. The first-order valence-corrected chi connectivity index (χ1v) is 9.26. The van der Waals surface area contributed by atoms with E-state index in [-0.39, 0.29) is 28.9 Å². The van der Waals surface area contributed by atoms with Crippen molar-refractivity contribution < 1.29 is 41.5 Å². The first kappa shape index (κ1) is 23.8. The zero-order valence-electron chi connectivity index (χ0n) is 16.5. The number of halogens is 5. The summed E-state index contributed by atoms with van der Waals surface area (Å²) in [5.41, 5.74) is -1.69. The highest BCUT2D eigenvalue weighted by molar-refractivity contribution is 6.32. The van der Waals surface area contributed by atoms with Gasteiger partial charge in [0, 0.05) is 12.1 Å². The summed E-state index contributed by atoms with van der Waals surface area (Å²) in [5.74, 6) is -3.28. The molecule has 0 bridgehead atoms. The van der Waals surface area contributed by atoms with E-state index in [0.717, 1.165) is 18.2 Å². The fourth-order valence-electron chi connectivity index (χ4n) is 2.66. The third kappa shape index (κ3) is 5.50. The lowest BCUT2D eigenvalue weighted by molar-refractivity contribution is -0.385. The second-order valence-electron chi connectivity index (χ2n) is 6.38. The van der Waals surface area contributed by atoms with Gasteiger partial charge in [0.2, 0.25) is 5.75 Å². The Labute approximate surface area is 188 Å². The average Bonchev–Trinajstić information content (AvgIpc) is 2.75. The van der Waals surface area contributed by atoms with Crippen LogP contribution in [0.5, 0.6) is 23.0 Å². The molecule has 0 aliphatic carbocycles. The molecule has 0 saturated carbocycles. The fourth-order valence-corrected chi connectivity index (χ4v) is 2.91. The summed E-state index contributed by atoms with van der Waals surface area (Å²) in [4.78, 5) is 22.3. The lowest BCUT2D eigenvalue weighted by Gasteiger charge is -2.13. The third-order valence-corrected chi connectivity index (χ3v) is 4.44. The predicted molar refractivity (Wildman–Crippen MR) is 107 cm³/mol. The van der Waals surface area contributed by atoms with Gasteiger partial charge in [-0.3, -0.25) is 10.1 Å². The minimum atomic E-state index is -4.82. The molecule has 0 heterocycles. The van der Waals surface area contributed by atoms with Crippen molar-refractivity contribution in [2.75, 3.05) is 7.11 Å². The Kier molecular flexibility index (Phi) is 6.73. The number of rotatable bonds is 6. The number of methoxy groups -OCH3 is 1. The van der Waals surface area contributed by atoms with Crippen molar-refractivity contribution in [1.29, 1.82) is 0 Å². The monoisotopic (exact) mass is 485 g/mol. The molecule has 33 heavy (non-hydrogen) atoms. The number of ether oxygens (including phenoxy) is 3. The molecule has 3 aromatic carbocycles. The van der Waals surface area contributed by atoms with E-state index >= 15 is 0 Å². The van der Waals surface area contributed by atoms with Crippen molar-refractivity contribution in [3.05, 3.63) is 86.7 Å². The van der Waals surface area contributed by atoms with Crippen molar-refractivity contribution in [2.45, 2.75) is 6.18 Å². The zero-order valence-corrected chi connectivity index (χ0v) is 17.2. The molecule has 0 aliphatic rings. The maximum absolute atomic E-state index is 14.2. The van der Waals surface area contributed by atoms with Crippen molar-refractivity contribution in [3.63, 3.8) is 0 Å².